The van der Waals surface area contributed by atoms with E-state index in [-0.39, 0.29) is 11.9 Å². The summed E-state index contributed by atoms with van der Waals surface area (Å²) in [7, 11) is 0. The van der Waals surface area contributed by atoms with E-state index >= 15 is 0 Å². The first-order chi connectivity index (χ1) is 9.08. The highest BCUT2D eigenvalue weighted by molar-refractivity contribution is 6.31. The van der Waals surface area contributed by atoms with Crippen LogP contribution in [0.4, 0.5) is 0 Å². The summed E-state index contributed by atoms with van der Waals surface area (Å²) in [6, 6.07) is 6.44. The second-order valence-electron chi connectivity index (χ2n) is 5.74. The van der Waals surface area contributed by atoms with Gasteiger partial charge in [0.05, 0.1) is 0 Å². The van der Waals surface area contributed by atoms with Crippen molar-refractivity contribution in [2.45, 2.75) is 50.7 Å². The number of nitrogens with two attached hydrogens (primary N) is 1. The van der Waals surface area contributed by atoms with Crippen LogP contribution in [0.5, 0.6) is 0 Å². The number of nitrogens with zero attached hydrogens (tertiary/aromatic N) is 1. The second-order valence-corrected chi connectivity index (χ2v) is 6.15. The van der Waals surface area contributed by atoms with Gasteiger partial charge in [0.1, 0.15) is 0 Å². The van der Waals surface area contributed by atoms with Gasteiger partial charge in [0.2, 0.25) is 0 Å². The maximum absolute atomic E-state index is 12.8. The highest BCUT2D eigenvalue weighted by atomic mass is 35.5. The molecular formula is C15H19ClN2O. The zero-order chi connectivity index (χ0) is 13.6. The Morgan fingerprint density at radius 3 is 2.58 bits per heavy atom. The summed E-state index contributed by atoms with van der Waals surface area (Å²) in [5, 5.41) is 0.659. The molecular weight excluding hydrogens is 260 g/mol. The zero-order valence-electron chi connectivity index (χ0n) is 11.1. The van der Waals surface area contributed by atoms with Crippen LogP contribution in [0.3, 0.4) is 0 Å². The van der Waals surface area contributed by atoms with Gasteiger partial charge in [0.15, 0.2) is 0 Å². The highest BCUT2D eigenvalue weighted by Gasteiger charge is 2.42. The van der Waals surface area contributed by atoms with Crippen molar-refractivity contribution in [3.63, 3.8) is 0 Å². The van der Waals surface area contributed by atoms with Crippen molar-refractivity contribution < 1.29 is 4.79 Å². The van der Waals surface area contributed by atoms with Gasteiger partial charge in [-0.2, -0.15) is 0 Å². The standard InChI is InChI=1S/C15H19ClN2O/c1-9-13(3-2-4-14(9)16)15(19)18-11-5-6-12(18)8-10(17)7-11/h2-4,10-12H,5-8,17H2,1H3. The van der Waals surface area contributed by atoms with Gasteiger partial charge in [-0.1, -0.05) is 17.7 Å². The lowest BCUT2D eigenvalue weighted by Crippen LogP contribution is -2.50. The Morgan fingerprint density at radius 2 is 1.95 bits per heavy atom. The van der Waals surface area contributed by atoms with Crippen molar-refractivity contribution in [3.05, 3.63) is 34.3 Å². The normalized spacial score (nSPS) is 29.6. The van der Waals surface area contributed by atoms with Crippen LogP contribution in [0.2, 0.25) is 5.02 Å². The fourth-order valence-electron chi connectivity index (χ4n) is 3.53. The van der Waals surface area contributed by atoms with Crippen LogP contribution in [-0.2, 0) is 0 Å². The number of carbonyl (C=O) groups is 1. The van der Waals surface area contributed by atoms with E-state index in [4.69, 9.17) is 17.3 Å². The van der Waals surface area contributed by atoms with Crippen molar-refractivity contribution >= 4 is 17.5 Å². The predicted octanol–water partition coefficient (Wildman–Crippen LogP) is 2.74. The van der Waals surface area contributed by atoms with Gasteiger partial charge >= 0.3 is 0 Å². The summed E-state index contributed by atoms with van der Waals surface area (Å²) in [5.74, 6) is 0.124. The molecule has 0 spiro atoms. The van der Waals surface area contributed by atoms with E-state index in [1.807, 2.05) is 25.1 Å². The summed E-state index contributed by atoms with van der Waals surface area (Å²) in [6.07, 6.45) is 4.04. The third-order valence-corrected chi connectivity index (χ3v) is 4.91. The van der Waals surface area contributed by atoms with E-state index < -0.39 is 0 Å². The number of hydrogen-bond donors (Lipinski definition) is 1. The molecule has 2 unspecified atom stereocenters. The number of carbonyl (C=O) groups excluding carboxylic acids is 1. The van der Waals surface area contributed by atoms with Crippen molar-refractivity contribution in [2.75, 3.05) is 0 Å². The first-order valence-corrected chi connectivity index (χ1v) is 7.29. The average Bonchev–Trinajstić information content (AvgIpc) is 2.64. The maximum atomic E-state index is 12.8. The minimum atomic E-state index is 0.124. The van der Waals surface area contributed by atoms with Gasteiger partial charge in [-0.25, -0.2) is 0 Å². The second kappa shape index (κ2) is 4.80. The van der Waals surface area contributed by atoms with Crippen LogP contribution in [0.1, 0.15) is 41.6 Å². The lowest BCUT2D eigenvalue weighted by atomic mass is 9.96. The zero-order valence-corrected chi connectivity index (χ0v) is 11.9. The minimum Gasteiger partial charge on any atom is -0.333 e. The first-order valence-electron chi connectivity index (χ1n) is 6.91. The minimum absolute atomic E-state index is 0.124. The third kappa shape index (κ3) is 2.15. The van der Waals surface area contributed by atoms with Crippen molar-refractivity contribution in [2.24, 2.45) is 5.73 Å². The molecule has 0 aliphatic carbocycles. The Morgan fingerprint density at radius 1 is 1.32 bits per heavy atom. The molecule has 19 heavy (non-hydrogen) atoms. The quantitative estimate of drug-likeness (QED) is 0.859. The van der Waals surface area contributed by atoms with Crippen LogP contribution in [0, 0.1) is 6.92 Å². The number of halogens is 1. The highest BCUT2D eigenvalue weighted by Crippen LogP contribution is 2.36. The molecule has 2 aliphatic rings. The molecule has 2 heterocycles. The Labute approximate surface area is 118 Å². The molecule has 0 saturated carbocycles. The van der Waals surface area contributed by atoms with Gasteiger partial charge in [0.25, 0.3) is 5.91 Å². The number of benzene rings is 1. The summed E-state index contributed by atoms with van der Waals surface area (Å²) in [5.41, 5.74) is 7.67. The fourth-order valence-corrected chi connectivity index (χ4v) is 3.70. The fraction of sp³-hybridized carbons (Fsp3) is 0.533. The Kier molecular flexibility index (Phi) is 3.27. The molecule has 2 saturated heterocycles. The first kappa shape index (κ1) is 12.9. The van der Waals surface area contributed by atoms with E-state index in [2.05, 4.69) is 4.90 Å². The summed E-state index contributed by atoms with van der Waals surface area (Å²) >= 11 is 6.12. The van der Waals surface area contributed by atoms with Crippen LogP contribution in [0.25, 0.3) is 0 Å². The molecule has 2 bridgehead atoms. The van der Waals surface area contributed by atoms with Crippen molar-refractivity contribution in [1.82, 2.24) is 4.90 Å². The molecule has 3 rings (SSSR count). The average molecular weight is 279 g/mol. The molecule has 102 valence electrons. The van der Waals surface area contributed by atoms with Gasteiger partial charge < -0.3 is 10.6 Å². The van der Waals surface area contributed by atoms with Crippen LogP contribution in [0.15, 0.2) is 18.2 Å². The lowest BCUT2D eigenvalue weighted by molar-refractivity contribution is 0.0574. The van der Waals surface area contributed by atoms with Gasteiger partial charge in [-0.05, 0) is 50.3 Å². The van der Waals surface area contributed by atoms with E-state index in [1.54, 1.807) is 0 Å². The summed E-state index contributed by atoms with van der Waals surface area (Å²) < 4.78 is 0. The van der Waals surface area contributed by atoms with Crippen LogP contribution >= 0.6 is 11.6 Å². The van der Waals surface area contributed by atoms with E-state index in [9.17, 15) is 4.79 Å². The molecule has 1 amide bonds. The number of fused-ring (bicyclic) bond motifs is 2. The van der Waals surface area contributed by atoms with Crippen molar-refractivity contribution in [1.29, 1.82) is 0 Å². The monoisotopic (exact) mass is 278 g/mol. The van der Waals surface area contributed by atoms with Gasteiger partial charge in [-0.15, -0.1) is 0 Å². The smallest absolute Gasteiger partial charge is 0.254 e. The van der Waals surface area contributed by atoms with E-state index in [0.29, 0.717) is 17.1 Å². The maximum Gasteiger partial charge on any atom is 0.254 e. The third-order valence-electron chi connectivity index (χ3n) is 4.50. The molecule has 2 aliphatic heterocycles. The topological polar surface area (TPSA) is 46.3 Å². The van der Waals surface area contributed by atoms with Crippen LogP contribution in [-0.4, -0.2) is 28.9 Å². The lowest BCUT2D eigenvalue weighted by Gasteiger charge is -2.38. The Bertz CT molecular complexity index is 503. The van der Waals surface area contributed by atoms with Crippen molar-refractivity contribution in [3.8, 4) is 0 Å². The molecule has 1 aromatic carbocycles. The molecule has 0 aromatic heterocycles. The summed E-state index contributed by atoms with van der Waals surface area (Å²) in [6.45, 7) is 1.91. The summed E-state index contributed by atoms with van der Waals surface area (Å²) in [4.78, 5) is 14.8. The SMILES string of the molecule is Cc1c(Cl)cccc1C(=O)N1C2CCC1CC(N)C2. The van der Waals surface area contributed by atoms with Gasteiger partial charge in [0, 0.05) is 28.7 Å². The van der Waals surface area contributed by atoms with E-state index in [1.165, 1.54) is 0 Å². The molecule has 4 heteroatoms. The number of piperidine rings is 1. The molecule has 0 radical (unpaired) electrons. The molecule has 3 nitrogen and oxygen atoms in total. The molecule has 2 N–H and O–H groups in total. The van der Waals surface area contributed by atoms with E-state index in [0.717, 1.165) is 36.8 Å². The predicted molar refractivity (Wildman–Crippen MR) is 76.4 cm³/mol. The largest absolute Gasteiger partial charge is 0.333 e. The Balaban J connectivity index is 1.91. The Hall–Kier alpha value is -1.06. The molecule has 2 fully saturated rings. The van der Waals surface area contributed by atoms with Gasteiger partial charge in [-0.3, -0.25) is 4.79 Å². The molecule has 2 atom stereocenters. The number of hydrogen-bond acceptors (Lipinski definition) is 2. The number of amides is 1. The molecule has 1 aromatic rings. The number of rotatable bonds is 1. The van der Waals surface area contributed by atoms with Crippen LogP contribution < -0.4 is 5.73 Å².